The highest BCUT2D eigenvalue weighted by Crippen LogP contribution is 2.26. The molecule has 6 nitrogen and oxygen atoms in total. The van der Waals surface area contributed by atoms with Gasteiger partial charge in [0.25, 0.3) is 0 Å². The molecular formula is C20H27N5O. The van der Waals surface area contributed by atoms with Gasteiger partial charge >= 0.3 is 0 Å². The maximum absolute atomic E-state index is 9.49. The van der Waals surface area contributed by atoms with E-state index >= 15 is 0 Å². The summed E-state index contributed by atoms with van der Waals surface area (Å²) in [6, 6.07) is 12.5. The van der Waals surface area contributed by atoms with Crippen LogP contribution in [-0.2, 0) is 6.54 Å². The Morgan fingerprint density at radius 1 is 1.12 bits per heavy atom. The summed E-state index contributed by atoms with van der Waals surface area (Å²) < 4.78 is 2.13. The van der Waals surface area contributed by atoms with Crippen LogP contribution in [0.1, 0.15) is 38.8 Å². The zero-order valence-corrected chi connectivity index (χ0v) is 15.6. The van der Waals surface area contributed by atoms with Gasteiger partial charge in [-0.2, -0.15) is 9.97 Å². The van der Waals surface area contributed by atoms with Crippen LogP contribution >= 0.6 is 0 Å². The minimum absolute atomic E-state index is 0.0515. The zero-order valence-electron chi connectivity index (χ0n) is 15.6. The molecule has 0 aliphatic carbocycles. The minimum Gasteiger partial charge on any atom is -0.394 e. The molecule has 0 bridgehead atoms. The topological polar surface area (TPSA) is 75.0 Å². The molecule has 0 amide bonds. The number of aromatic nitrogens is 3. The van der Waals surface area contributed by atoms with Crippen molar-refractivity contribution in [1.29, 1.82) is 0 Å². The highest BCUT2D eigenvalue weighted by atomic mass is 16.3. The molecule has 0 aliphatic heterocycles. The SMILES string of the molecule is CC[C@H](CO)Nc1nc(NCc2ccccc2)c2ccn(C(C)C)c2n1. The second-order valence-electron chi connectivity index (χ2n) is 6.72. The Morgan fingerprint density at radius 2 is 1.88 bits per heavy atom. The Balaban J connectivity index is 1.96. The lowest BCUT2D eigenvalue weighted by molar-refractivity contribution is 0.271. The fourth-order valence-corrected chi connectivity index (χ4v) is 2.89. The molecule has 138 valence electrons. The van der Waals surface area contributed by atoms with Crippen LogP contribution < -0.4 is 10.6 Å². The van der Waals surface area contributed by atoms with Crippen LogP contribution in [0.2, 0.25) is 0 Å². The van der Waals surface area contributed by atoms with Crippen molar-refractivity contribution < 1.29 is 5.11 Å². The normalized spacial score (nSPS) is 12.5. The number of aliphatic hydroxyl groups excluding tert-OH is 1. The van der Waals surface area contributed by atoms with Gasteiger partial charge in [-0.25, -0.2) is 0 Å². The number of fused-ring (bicyclic) bond motifs is 1. The third-order valence-corrected chi connectivity index (χ3v) is 4.48. The van der Waals surface area contributed by atoms with Crippen LogP contribution in [0.3, 0.4) is 0 Å². The Kier molecular flexibility index (Phi) is 5.73. The standard InChI is InChI=1S/C20H27N5O/c1-4-16(13-26)22-20-23-18(21-12-15-8-6-5-7-9-15)17-10-11-25(14(2)3)19(17)24-20/h5-11,14,16,26H,4,12-13H2,1-3H3,(H2,21,22,23,24)/t16-/m1/s1. The molecule has 2 aromatic heterocycles. The average Bonchev–Trinajstić information content (AvgIpc) is 3.09. The maximum atomic E-state index is 9.49. The van der Waals surface area contributed by atoms with Crippen molar-refractivity contribution in [2.45, 2.75) is 45.8 Å². The van der Waals surface area contributed by atoms with Gasteiger partial charge in [-0.3, -0.25) is 0 Å². The summed E-state index contributed by atoms with van der Waals surface area (Å²) in [5.74, 6) is 1.34. The maximum Gasteiger partial charge on any atom is 0.226 e. The predicted molar refractivity (Wildman–Crippen MR) is 106 cm³/mol. The highest BCUT2D eigenvalue weighted by Gasteiger charge is 2.15. The summed E-state index contributed by atoms with van der Waals surface area (Å²) in [5.41, 5.74) is 2.08. The molecule has 3 aromatic rings. The molecule has 6 heteroatoms. The summed E-state index contributed by atoms with van der Waals surface area (Å²) in [7, 11) is 0. The lowest BCUT2D eigenvalue weighted by Gasteiger charge is -2.16. The van der Waals surface area contributed by atoms with E-state index in [1.54, 1.807) is 0 Å². The Labute approximate surface area is 154 Å². The molecule has 1 atom stereocenters. The summed E-state index contributed by atoms with van der Waals surface area (Å²) in [6.07, 6.45) is 2.85. The summed E-state index contributed by atoms with van der Waals surface area (Å²) in [6.45, 7) is 7.03. The van der Waals surface area contributed by atoms with Gasteiger partial charge in [0, 0.05) is 18.8 Å². The van der Waals surface area contributed by atoms with Gasteiger partial charge in [0.05, 0.1) is 18.0 Å². The van der Waals surface area contributed by atoms with Crippen molar-refractivity contribution in [3.05, 3.63) is 48.2 Å². The molecular weight excluding hydrogens is 326 g/mol. The van der Waals surface area contributed by atoms with Crippen LogP contribution in [0.5, 0.6) is 0 Å². The molecule has 0 unspecified atom stereocenters. The number of rotatable bonds is 8. The average molecular weight is 353 g/mol. The molecule has 0 spiro atoms. The van der Waals surface area contributed by atoms with E-state index < -0.39 is 0 Å². The van der Waals surface area contributed by atoms with Gasteiger partial charge in [-0.05, 0) is 31.9 Å². The molecule has 0 saturated carbocycles. The van der Waals surface area contributed by atoms with Crippen LogP contribution in [0.15, 0.2) is 42.6 Å². The van der Waals surface area contributed by atoms with Crippen LogP contribution in [0.4, 0.5) is 11.8 Å². The molecule has 2 heterocycles. The Morgan fingerprint density at radius 3 is 2.54 bits per heavy atom. The Hall–Kier alpha value is -2.60. The van der Waals surface area contributed by atoms with Gasteiger partial charge in [-0.1, -0.05) is 37.3 Å². The first-order valence-corrected chi connectivity index (χ1v) is 9.16. The lowest BCUT2D eigenvalue weighted by atomic mass is 10.2. The van der Waals surface area contributed by atoms with Crippen molar-refractivity contribution in [3.63, 3.8) is 0 Å². The largest absolute Gasteiger partial charge is 0.394 e. The number of nitrogens with zero attached hydrogens (tertiary/aromatic N) is 3. The summed E-state index contributed by atoms with van der Waals surface area (Å²) >= 11 is 0. The summed E-state index contributed by atoms with van der Waals surface area (Å²) in [5, 5.41) is 17.2. The number of anilines is 2. The molecule has 0 saturated heterocycles. The third kappa shape index (κ3) is 3.96. The fraction of sp³-hybridized carbons (Fsp3) is 0.400. The van der Waals surface area contributed by atoms with Gasteiger partial charge in [-0.15, -0.1) is 0 Å². The molecule has 3 N–H and O–H groups in total. The van der Waals surface area contributed by atoms with Gasteiger partial charge in [0.15, 0.2) is 0 Å². The van der Waals surface area contributed by atoms with Crippen molar-refractivity contribution in [2.75, 3.05) is 17.2 Å². The van der Waals surface area contributed by atoms with E-state index in [4.69, 9.17) is 4.98 Å². The first kappa shape index (κ1) is 18.2. The van der Waals surface area contributed by atoms with Gasteiger partial charge in [0.1, 0.15) is 11.5 Å². The quantitative estimate of drug-likeness (QED) is 0.574. The summed E-state index contributed by atoms with van der Waals surface area (Å²) in [4.78, 5) is 9.36. The molecule has 0 fully saturated rings. The van der Waals surface area contributed by atoms with E-state index in [0.717, 1.165) is 23.3 Å². The van der Waals surface area contributed by atoms with Crippen molar-refractivity contribution >= 4 is 22.8 Å². The van der Waals surface area contributed by atoms with E-state index in [1.807, 2.05) is 31.3 Å². The van der Waals surface area contributed by atoms with Crippen molar-refractivity contribution in [1.82, 2.24) is 14.5 Å². The number of benzene rings is 1. The second kappa shape index (κ2) is 8.19. The van der Waals surface area contributed by atoms with E-state index in [1.165, 1.54) is 5.56 Å². The predicted octanol–water partition coefficient (Wildman–Crippen LogP) is 3.81. The number of hydrogen-bond acceptors (Lipinski definition) is 5. The number of hydrogen-bond donors (Lipinski definition) is 3. The van der Waals surface area contributed by atoms with Gasteiger partial charge in [0.2, 0.25) is 5.95 Å². The zero-order chi connectivity index (χ0) is 18.5. The van der Waals surface area contributed by atoms with Crippen LogP contribution in [0, 0.1) is 0 Å². The van der Waals surface area contributed by atoms with Crippen molar-refractivity contribution in [3.8, 4) is 0 Å². The van der Waals surface area contributed by atoms with Crippen LogP contribution in [-0.4, -0.2) is 32.3 Å². The van der Waals surface area contributed by atoms with Crippen molar-refractivity contribution in [2.24, 2.45) is 0 Å². The minimum atomic E-state index is -0.0584. The smallest absolute Gasteiger partial charge is 0.226 e. The van der Waals surface area contributed by atoms with E-state index in [2.05, 4.69) is 52.2 Å². The lowest BCUT2D eigenvalue weighted by Crippen LogP contribution is -2.24. The molecule has 0 aliphatic rings. The molecule has 3 rings (SSSR count). The first-order valence-electron chi connectivity index (χ1n) is 9.16. The monoisotopic (exact) mass is 353 g/mol. The fourth-order valence-electron chi connectivity index (χ4n) is 2.89. The van der Waals surface area contributed by atoms with E-state index in [-0.39, 0.29) is 12.6 Å². The highest BCUT2D eigenvalue weighted by molar-refractivity contribution is 5.88. The molecule has 1 aromatic carbocycles. The van der Waals surface area contributed by atoms with Gasteiger partial charge < -0.3 is 20.3 Å². The third-order valence-electron chi connectivity index (χ3n) is 4.48. The second-order valence-corrected chi connectivity index (χ2v) is 6.72. The van der Waals surface area contributed by atoms with E-state index in [9.17, 15) is 5.11 Å². The van der Waals surface area contributed by atoms with Crippen LogP contribution in [0.25, 0.3) is 11.0 Å². The van der Waals surface area contributed by atoms with E-state index in [0.29, 0.717) is 18.5 Å². The number of aliphatic hydroxyl groups is 1. The molecule has 26 heavy (non-hydrogen) atoms. The Bertz CT molecular complexity index is 840. The first-order chi connectivity index (χ1) is 12.6. The molecule has 0 radical (unpaired) electrons. The number of nitrogens with one attached hydrogen (secondary N) is 2.